The third kappa shape index (κ3) is 452. The van der Waals surface area contributed by atoms with Crippen molar-refractivity contribution in [3.63, 3.8) is 0 Å². The maximum atomic E-state index is 8.56. The SMILES string of the molecule is O.O.O.O.[Na+].[O]=[V](=[O])[O-]. The van der Waals surface area contributed by atoms with E-state index in [4.69, 9.17) is 11.4 Å². The van der Waals surface area contributed by atoms with Gasteiger partial charge in [0.15, 0.2) is 0 Å². The molecule has 0 atom stereocenters. The zero-order chi connectivity index (χ0) is 3.58. The summed E-state index contributed by atoms with van der Waals surface area (Å²) in [7, 11) is 0. The number of hydrogen-bond acceptors (Lipinski definition) is 3. The first-order valence-electron chi connectivity index (χ1n) is 0.548. The molecule has 8 N–H and O–H groups in total. The monoisotopic (exact) mass is 194 g/mol. The molecule has 56 valence electrons. The summed E-state index contributed by atoms with van der Waals surface area (Å²) in [5.41, 5.74) is 0. The van der Waals surface area contributed by atoms with Gasteiger partial charge < -0.3 is 21.9 Å². The Morgan fingerprint density at radius 1 is 0.889 bits per heavy atom. The Balaban J connectivity index is -0.00000000450. The van der Waals surface area contributed by atoms with Crippen molar-refractivity contribution in [2.24, 2.45) is 0 Å². The van der Waals surface area contributed by atoms with Crippen LogP contribution in [0.1, 0.15) is 0 Å². The Kier molecular flexibility index (Phi) is 204. The van der Waals surface area contributed by atoms with E-state index in [2.05, 4.69) is 0 Å². The second-order valence-corrected chi connectivity index (χ2v) is 0.922. The molecule has 0 rings (SSSR count). The van der Waals surface area contributed by atoms with Crippen molar-refractivity contribution in [3.8, 4) is 0 Å². The van der Waals surface area contributed by atoms with E-state index in [1.807, 2.05) is 0 Å². The van der Waals surface area contributed by atoms with Crippen LogP contribution in [0.2, 0.25) is 0 Å². The van der Waals surface area contributed by atoms with Crippen LogP contribution in [0.3, 0.4) is 0 Å². The molecule has 0 aliphatic carbocycles. The molecule has 0 spiro atoms. The van der Waals surface area contributed by atoms with Gasteiger partial charge in [-0.1, -0.05) is 0 Å². The second-order valence-electron chi connectivity index (χ2n) is 0.224. The molecule has 0 saturated carbocycles. The van der Waals surface area contributed by atoms with Gasteiger partial charge in [-0.05, 0) is 0 Å². The molecule has 0 aromatic carbocycles. The van der Waals surface area contributed by atoms with Crippen LogP contribution in [-0.2, 0) is 22.7 Å². The van der Waals surface area contributed by atoms with Crippen LogP contribution in [0.15, 0.2) is 0 Å². The van der Waals surface area contributed by atoms with E-state index < -0.39 is 15.4 Å². The van der Waals surface area contributed by atoms with Crippen molar-refractivity contribution >= 4 is 0 Å². The molecule has 9 heavy (non-hydrogen) atoms. The predicted molar refractivity (Wildman–Crippen MR) is 15.8 cm³/mol. The van der Waals surface area contributed by atoms with Crippen LogP contribution < -0.4 is 33.6 Å². The summed E-state index contributed by atoms with van der Waals surface area (Å²) in [6.07, 6.45) is 0. The summed E-state index contributed by atoms with van der Waals surface area (Å²) in [5.74, 6) is 0. The molecule has 0 aromatic rings. The molecule has 0 unspecified atom stereocenters. The molecule has 0 aliphatic rings. The molecule has 0 aromatic heterocycles. The summed E-state index contributed by atoms with van der Waals surface area (Å²) < 4.78 is 25.7. The van der Waals surface area contributed by atoms with Gasteiger partial charge in [-0.3, -0.25) is 0 Å². The fourth-order valence-electron chi connectivity index (χ4n) is 0. The molecule has 0 aliphatic heterocycles. The average Bonchev–Trinajstić information content (AvgIpc) is 0.811. The molecule has 0 bridgehead atoms. The van der Waals surface area contributed by atoms with E-state index in [1.165, 1.54) is 0 Å². The molecule has 0 fully saturated rings. The van der Waals surface area contributed by atoms with E-state index in [1.54, 1.807) is 0 Å². The summed E-state index contributed by atoms with van der Waals surface area (Å²) >= 11 is -3.94. The van der Waals surface area contributed by atoms with Gasteiger partial charge in [-0.2, -0.15) is 0 Å². The molecule has 9 heteroatoms. The Morgan fingerprint density at radius 2 is 0.889 bits per heavy atom. The third-order valence-electron chi connectivity index (χ3n) is 0. The summed E-state index contributed by atoms with van der Waals surface area (Å²) in [6, 6.07) is 0. The van der Waals surface area contributed by atoms with Crippen LogP contribution in [-0.4, -0.2) is 21.9 Å². The minimum atomic E-state index is -3.94. The van der Waals surface area contributed by atoms with E-state index in [9.17, 15) is 0 Å². The quantitative estimate of drug-likeness (QED) is 0.347. The van der Waals surface area contributed by atoms with E-state index in [0.29, 0.717) is 0 Å². The molecule has 0 amide bonds. The Labute approximate surface area is 78.0 Å². The average molecular weight is 194 g/mol. The zero-order valence-electron chi connectivity index (χ0n) is 4.67. The van der Waals surface area contributed by atoms with Gasteiger partial charge in [0.1, 0.15) is 0 Å². The molecule has 7 nitrogen and oxygen atoms in total. The van der Waals surface area contributed by atoms with Gasteiger partial charge in [-0.25, -0.2) is 0 Å². The van der Waals surface area contributed by atoms with Crippen LogP contribution in [0.5, 0.6) is 0 Å². The summed E-state index contributed by atoms with van der Waals surface area (Å²) in [5, 5.41) is 0. The molecule has 0 saturated heterocycles. The fraction of sp³-hybridized carbons (Fsp3) is 0. The Bertz CT molecular complexity index is 57.3. The van der Waals surface area contributed by atoms with Crippen molar-refractivity contribution in [1.29, 1.82) is 0 Å². The number of rotatable bonds is 0. The number of hydrogen-bond donors (Lipinski definition) is 0. The van der Waals surface area contributed by atoms with Crippen molar-refractivity contribution in [2.45, 2.75) is 0 Å². The normalized spacial score (nSPS) is 2.78. The standard InChI is InChI=1S/Na.4H2O.3O.V/h;4*1H2;;;;/q+1;;;;;;;-1;. The fourth-order valence-corrected chi connectivity index (χ4v) is 0. The first-order chi connectivity index (χ1) is 1.73. The van der Waals surface area contributed by atoms with Crippen LogP contribution in [0.4, 0.5) is 0 Å². The molecular weight excluding hydrogens is 186 g/mol. The van der Waals surface area contributed by atoms with Crippen molar-refractivity contribution in [1.82, 2.24) is 0 Å². The first kappa shape index (κ1) is 50.8. The van der Waals surface area contributed by atoms with Gasteiger partial charge in [0.05, 0.1) is 0 Å². The van der Waals surface area contributed by atoms with Crippen molar-refractivity contribution in [2.75, 3.05) is 0 Å². The van der Waals surface area contributed by atoms with Gasteiger partial charge in [0.2, 0.25) is 0 Å². The topological polar surface area (TPSA) is 183 Å². The first-order valence-corrected chi connectivity index (χ1v) is 2.26. The minimum absolute atomic E-state index is 0. The molecule has 0 radical (unpaired) electrons. The Morgan fingerprint density at radius 3 is 0.889 bits per heavy atom. The van der Waals surface area contributed by atoms with Crippen molar-refractivity contribution < 1.29 is 78.2 Å². The molecule has 0 heterocycles. The summed E-state index contributed by atoms with van der Waals surface area (Å²) in [6.45, 7) is 0. The second kappa shape index (κ2) is 36.1. The Hall–Kier alpha value is 0.984. The van der Waals surface area contributed by atoms with Crippen LogP contribution in [0.25, 0.3) is 0 Å². The maximum absolute atomic E-state index is 8.56. The van der Waals surface area contributed by atoms with E-state index in [-0.39, 0.29) is 51.5 Å². The van der Waals surface area contributed by atoms with Gasteiger partial charge in [0.25, 0.3) is 0 Å². The predicted octanol–water partition coefficient (Wildman–Crippen LogP) is -7.72. The zero-order valence-corrected chi connectivity index (χ0v) is 8.07. The van der Waals surface area contributed by atoms with Gasteiger partial charge in [0, 0.05) is 0 Å². The van der Waals surface area contributed by atoms with Crippen molar-refractivity contribution in [3.05, 3.63) is 0 Å². The van der Waals surface area contributed by atoms with E-state index >= 15 is 0 Å². The summed E-state index contributed by atoms with van der Waals surface area (Å²) in [4.78, 5) is 0. The van der Waals surface area contributed by atoms with Gasteiger partial charge in [-0.15, -0.1) is 0 Å². The third-order valence-corrected chi connectivity index (χ3v) is 0. The van der Waals surface area contributed by atoms with Crippen LogP contribution in [0, 0.1) is 0 Å². The van der Waals surface area contributed by atoms with Crippen LogP contribution >= 0.6 is 0 Å². The van der Waals surface area contributed by atoms with Gasteiger partial charge >= 0.3 is 56.3 Å². The van der Waals surface area contributed by atoms with E-state index in [0.717, 1.165) is 0 Å². The molecular formula is H8NaO7V.